The first-order chi connectivity index (χ1) is 16.8. The van der Waals surface area contributed by atoms with Crippen molar-refractivity contribution >= 4 is 29.8 Å². The molecule has 12 nitrogen and oxygen atoms in total. The highest BCUT2D eigenvalue weighted by molar-refractivity contribution is 5.93. The number of nitrogens with two attached hydrogens (primary N) is 1. The summed E-state index contributed by atoms with van der Waals surface area (Å²) >= 11 is 0. The molecule has 200 valence electrons. The Balaban J connectivity index is 3.44. The number of ether oxygens (including phenoxy) is 2. The zero-order valence-electron chi connectivity index (χ0n) is 21.3. The third-order valence-corrected chi connectivity index (χ3v) is 4.97. The minimum Gasteiger partial charge on any atom is -0.468 e. The summed E-state index contributed by atoms with van der Waals surface area (Å²) in [5.74, 6) is -2.85. The van der Waals surface area contributed by atoms with Crippen LogP contribution in [0.4, 0.5) is 4.79 Å². The molecular formula is C24H36N4O8. The van der Waals surface area contributed by atoms with Gasteiger partial charge in [0.05, 0.1) is 13.7 Å². The van der Waals surface area contributed by atoms with E-state index in [2.05, 4.69) is 15.4 Å². The van der Waals surface area contributed by atoms with Gasteiger partial charge in [-0.3, -0.25) is 19.2 Å². The fraction of sp³-hybridized carbons (Fsp3) is 0.542. The summed E-state index contributed by atoms with van der Waals surface area (Å²) in [6.07, 6.45) is -1.31. The van der Waals surface area contributed by atoms with Gasteiger partial charge < -0.3 is 35.8 Å². The van der Waals surface area contributed by atoms with Crippen LogP contribution in [0.5, 0.6) is 0 Å². The minimum absolute atomic E-state index is 0.167. The van der Waals surface area contributed by atoms with E-state index >= 15 is 0 Å². The lowest BCUT2D eigenvalue weighted by atomic mass is 9.97. The lowest BCUT2D eigenvalue weighted by molar-refractivity contribution is -0.145. The molecule has 0 saturated heterocycles. The Hall–Kier alpha value is -3.67. The average molecular weight is 509 g/mol. The Morgan fingerprint density at radius 1 is 1.14 bits per heavy atom. The standard InChI is InChI=1S/C24H36N4O8/c1-15-8-6-7-9-16(15)20(21(32)26-14-19(31)35-5)28(12-13-29)22(33)17(10-11-18(25)30)27-23(34)36-24(2,3)4/h6-9,17,20,29H,10-14H2,1-5H3,(H2,25,30)(H,26,32)(H,27,34). The third-order valence-electron chi connectivity index (χ3n) is 4.97. The van der Waals surface area contributed by atoms with Gasteiger partial charge >= 0.3 is 12.1 Å². The maximum absolute atomic E-state index is 13.7. The highest BCUT2D eigenvalue weighted by atomic mass is 16.6. The number of carbonyl (C=O) groups excluding carboxylic acids is 5. The molecule has 0 spiro atoms. The van der Waals surface area contributed by atoms with Crippen molar-refractivity contribution in [2.75, 3.05) is 26.8 Å². The van der Waals surface area contributed by atoms with Gasteiger partial charge in [-0.15, -0.1) is 0 Å². The maximum Gasteiger partial charge on any atom is 0.408 e. The van der Waals surface area contributed by atoms with Crippen LogP contribution in [-0.4, -0.2) is 78.2 Å². The largest absolute Gasteiger partial charge is 0.468 e. The van der Waals surface area contributed by atoms with E-state index in [1.54, 1.807) is 52.0 Å². The Bertz CT molecular complexity index is 944. The van der Waals surface area contributed by atoms with Crippen LogP contribution < -0.4 is 16.4 Å². The van der Waals surface area contributed by atoms with Gasteiger partial charge in [0.15, 0.2) is 0 Å². The third kappa shape index (κ3) is 9.90. The predicted molar refractivity (Wildman–Crippen MR) is 129 cm³/mol. The summed E-state index contributed by atoms with van der Waals surface area (Å²) in [4.78, 5) is 63.5. The van der Waals surface area contributed by atoms with Gasteiger partial charge in [-0.2, -0.15) is 0 Å². The number of benzene rings is 1. The van der Waals surface area contributed by atoms with Crippen molar-refractivity contribution in [3.8, 4) is 0 Å². The molecule has 2 unspecified atom stereocenters. The summed E-state index contributed by atoms with van der Waals surface area (Å²) in [5.41, 5.74) is 5.50. The molecule has 1 aromatic rings. The lowest BCUT2D eigenvalue weighted by Crippen LogP contribution is -2.54. The van der Waals surface area contributed by atoms with E-state index in [0.717, 1.165) is 4.90 Å². The second kappa shape index (κ2) is 14.0. The average Bonchev–Trinajstić information content (AvgIpc) is 2.79. The number of rotatable bonds is 12. The number of carbonyl (C=O) groups is 5. The molecule has 0 fully saturated rings. The number of methoxy groups -OCH3 is 1. The number of hydrogen-bond donors (Lipinski definition) is 4. The van der Waals surface area contributed by atoms with E-state index in [1.807, 2.05) is 0 Å². The highest BCUT2D eigenvalue weighted by Crippen LogP contribution is 2.26. The fourth-order valence-corrected chi connectivity index (χ4v) is 3.34. The van der Waals surface area contributed by atoms with Gasteiger partial charge in [0, 0.05) is 13.0 Å². The molecule has 0 aliphatic heterocycles. The molecule has 0 heterocycles. The predicted octanol–water partition coefficient (Wildman–Crippen LogP) is 0.305. The number of primary amides is 1. The lowest BCUT2D eigenvalue weighted by Gasteiger charge is -2.34. The number of alkyl carbamates (subject to hydrolysis) is 1. The number of nitrogens with one attached hydrogen (secondary N) is 2. The van der Waals surface area contributed by atoms with Crippen molar-refractivity contribution in [1.29, 1.82) is 0 Å². The van der Waals surface area contributed by atoms with E-state index in [4.69, 9.17) is 10.5 Å². The van der Waals surface area contributed by atoms with E-state index in [9.17, 15) is 29.1 Å². The summed E-state index contributed by atoms with van der Waals surface area (Å²) < 4.78 is 9.80. The molecule has 36 heavy (non-hydrogen) atoms. The van der Waals surface area contributed by atoms with Crippen molar-refractivity contribution in [3.63, 3.8) is 0 Å². The molecular weight excluding hydrogens is 472 g/mol. The minimum atomic E-state index is -1.29. The molecule has 12 heteroatoms. The summed E-state index contributed by atoms with van der Waals surface area (Å²) in [6.45, 7) is 5.43. The van der Waals surface area contributed by atoms with Crippen LogP contribution in [0.15, 0.2) is 24.3 Å². The van der Waals surface area contributed by atoms with Gasteiger partial charge in [-0.25, -0.2) is 4.79 Å². The number of esters is 1. The number of aliphatic hydroxyl groups excluding tert-OH is 1. The van der Waals surface area contributed by atoms with Crippen molar-refractivity contribution in [3.05, 3.63) is 35.4 Å². The molecule has 4 amide bonds. The van der Waals surface area contributed by atoms with Crippen molar-refractivity contribution in [1.82, 2.24) is 15.5 Å². The molecule has 0 aliphatic carbocycles. The number of aryl methyl sites for hydroxylation is 1. The van der Waals surface area contributed by atoms with E-state index < -0.39 is 60.6 Å². The van der Waals surface area contributed by atoms with Crippen LogP contribution in [0.2, 0.25) is 0 Å². The zero-order chi connectivity index (χ0) is 27.5. The maximum atomic E-state index is 13.7. The van der Waals surface area contributed by atoms with Crippen LogP contribution in [0, 0.1) is 6.92 Å². The first-order valence-electron chi connectivity index (χ1n) is 11.4. The molecule has 0 aromatic heterocycles. The molecule has 0 radical (unpaired) electrons. The normalized spacial score (nSPS) is 12.6. The molecule has 0 bridgehead atoms. The smallest absolute Gasteiger partial charge is 0.408 e. The Morgan fingerprint density at radius 2 is 1.78 bits per heavy atom. The summed E-state index contributed by atoms with van der Waals surface area (Å²) in [7, 11) is 1.17. The SMILES string of the molecule is COC(=O)CNC(=O)C(c1ccccc1C)N(CCO)C(=O)C(CCC(N)=O)NC(=O)OC(C)(C)C. The van der Waals surface area contributed by atoms with Crippen LogP contribution in [0.25, 0.3) is 0 Å². The van der Waals surface area contributed by atoms with E-state index in [1.165, 1.54) is 7.11 Å². The van der Waals surface area contributed by atoms with Crippen molar-refractivity contribution < 1.29 is 38.6 Å². The number of nitrogens with zero attached hydrogens (tertiary/aromatic N) is 1. The quantitative estimate of drug-likeness (QED) is 0.291. The fourth-order valence-electron chi connectivity index (χ4n) is 3.34. The summed E-state index contributed by atoms with van der Waals surface area (Å²) in [6, 6.07) is 4.23. The Kier molecular flexibility index (Phi) is 11.8. The van der Waals surface area contributed by atoms with E-state index in [-0.39, 0.29) is 19.4 Å². The van der Waals surface area contributed by atoms with E-state index in [0.29, 0.717) is 11.1 Å². The van der Waals surface area contributed by atoms with Crippen LogP contribution in [0.1, 0.15) is 50.8 Å². The topological polar surface area (TPSA) is 177 Å². The van der Waals surface area contributed by atoms with Crippen LogP contribution in [-0.2, 0) is 28.7 Å². The van der Waals surface area contributed by atoms with Crippen LogP contribution in [0.3, 0.4) is 0 Å². The second-order valence-electron chi connectivity index (χ2n) is 9.01. The van der Waals surface area contributed by atoms with Gasteiger partial charge in [0.1, 0.15) is 24.2 Å². The number of aliphatic hydroxyl groups is 1. The molecule has 1 rings (SSSR count). The number of hydrogen-bond acceptors (Lipinski definition) is 8. The monoisotopic (exact) mass is 508 g/mol. The highest BCUT2D eigenvalue weighted by Gasteiger charge is 2.36. The van der Waals surface area contributed by atoms with Crippen molar-refractivity contribution in [2.24, 2.45) is 5.73 Å². The molecule has 0 aliphatic rings. The summed E-state index contributed by atoms with van der Waals surface area (Å²) in [5, 5.41) is 14.6. The molecule has 5 N–H and O–H groups in total. The van der Waals surface area contributed by atoms with Gasteiger partial charge in [-0.1, -0.05) is 24.3 Å². The molecule has 1 aromatic carbocycles. The van der Waals surface area contributed by atoms with Gasteiger partial charge in [0.25, 0.3) is 0 Å². The van der Waals surface area contributed by atoms with Gasteiger partial charge in [0.2, 0.25) is 17.7 Å². The Labute approximate surface area is 210 Å². The molecule has 0 saturated carbocycles. The zero-order valence-corrected chi connectivity index (χ0v) is 21.3. The Morgan fingerprint density at radius 3 is 2.31 bits per heavy atom. The van der Waals surface area contributed by atoms with Crippen molar-refractivity contribution in [2.45, 2.75) is 58.2 Å². The first kappa shape index (κ1) is 30.4. The van der Waals surface area contributed by atoms with Crippen LogP contribution >= 0.6 is 0 Å². The first-order valence-corrected chi connectivity index (χ1v) is 11.4. The van der Waals surface area contributed by atoms with Gasteiger partial charge in [-0.05, 0) is 45.2 Å². The number of amides is 4. The second-order valence-corrected chi connectivity index (χ2v) is 9.01. The molecule has 2 atom stereocenters.